The number of aryl methyl sites for hydroxylation is 1. The number of methoxy groups -OCH3 is 1. The first-order valence-corrected chi connectivity index (χ1v) is 6.15. The van der Waals surface area contributed by atoms with Gasteiger partial charge >= 0.3 is 0 Å². The summed E-state index contributed by atoms with van der Waals surface area (Å²) >= 11 is 0. The summed E-state index contributed by atoms with van der Waals surface area (Å²) in [5, 5.41) is 3.37. The van der Waals surface area contributed by atoms with E-state index in [1.807, 2.05) is 13.1 Å². The van der Waals surface area contributed by atoms with Crippen LogP contribution in [0, 0.1) is 12.8 Å². The van der Waals surface area contributed by atoms with E-state index >= 15 is 0 Å². The van der Waals surface area contributed by atoms with Gasteiger partial charge in [-0.05, 0) is 50.0 Å². The summed E-state index contributed by atoms with van der Waals surface area (Å²) in [5.74, 6) is 1.47. The highest BCUT2D eigenvalue weighted by atomic mass is 16.5. The molecule has 17 heavy (non-hydrogen) atoms. The van der Waals surface area contributed by atoms with Crippen molar-refractivity contribution in [3.8, 4) is 5.75 Å². The number of nitrogens with two attached hydrogens (primary N) is 1. The summed E-state index contributed by atoms with van der Waals surface area (Å²) < 4.78 is 5.28. The van der Waals surface area contributed by atoms with Gasteiger partial charge < -0.3 is 15.8 Å². The van der Waals surface area contributed by atoms with E-state index in [4.69, 9.17) is 10.5 Å². The molecule has 0 radical (unpaired) electrons. The molecule has 1 aromatic carbocycles. The molecule has 96 valence electrons. The SMILES string of the molecule is CNC(c1ccc(OC)c(C)c1)C(C)CCN. The number of nitrogens with one attached hydrogen (secondary N) is 1. The van der Waals surface area contributed by atoms with E-state index < -0.39 is 0 Å². The smallest absolute Gasteiger partial charge is 0.121 e. The van der Waals surface area contributed by atoms with E-state index in [0.29, 0.717) is 12.0 Å². The first-order chi connectivity index (χ1) is 8.13. The van der Waals surface area contributed by atoms with Crippen molar-refractivity contribution in [3.63, 3.8) is 0 Å². The van der Waals surface area contributed by atoms with Crippen LogP contribution >= 0.6 is 0 Å². The molecule has 0 spiro atoms. The van der Waals surface area contributed by atoms with Crippen LogP contribution in [-0.2, 0) is 0 Å². The minimum atomic E-state index is 0.350. The Labute approximate surface area is 104 Å². The van der Waals surface area contributed by atoms with Crippen molar-refractivity contribution in [2.75, 3.05) is 20.7 Å². The second-order valence-electron chi connectivity index (χ2n) is 4.55. The van der Waals surface area contributed by atoms with Crippen molar-refractivity contribution in [3.05, 3.63) is 29.3 Å². The van der Waals surface area contributed by atoms with Gasteiger partial charge in [0.15, 0.2) is 0 Å². The van der Waals surface area contributed by atoms with Gasteiger partial charge in [0.1, 0.15) is 5.75 Å². The maximum absolute atomic E-state index is 5.63. The normalized spacial score (nSPS) is 14.4. The Hall–Kier alpha value is -1.06. The van der Waals surface area contributed by atoms with Crippen LogP contribution < -0.4 is 15.8 Å². The molecule has 0 saturated carbocycles. The summed E-state index contributed by atoms with van der Waals surface area (Å²) in [4.78, 5) is 0. The molecule has 0 bridgehead atoms. The minimum Gasteiger partial charge on any atom is -0.496 e. The van der Waals surface area contributed by atoms with Gasteiger partial charge in [-0.3, -0.25) is 0 Å². The molecule has 0 saturated heterocycles. The number of ether oxygens (including phenoxy) is 1. The molecule has 0 amide bonds. The van der Waals surface area contributed by atoms with Gasteiger partial charge in [-0.25, -0.2) is 0 Å². The predicted octanol–water partition coefficient (Wildman–Crippen LogP) is 2.25. The van der Waals surface area contributed by atoms with Crippen LogP contribution in [0.5, 0.6) is 5.75 Å². The van der Waals surface area contributed by atoms with Crippen LogP contribution in [0.25, 0.3) is 0 Å². The Bertz CT molecular complexity index is 352. The molecule has 3 heteroatoms. The van der Waals surface area contributed by atoms with Crippen molar-refractivity contribution in [1.82, 2.24) is 5.32 Å². The van der Waals surface area contributed by atoms with Gasteiger partial charge in [0.25, 0.3) is 0 Å². The number of hydrogen-bond acceptors (Lipinski definition) is 3. The molecule has 2 unspecified atom stereocenters. The average molecular weight is 236 g/mol. The molecule has 0 heterocycles. The number of rotatable bonds is 6. The molecule has 3 N–H and O–H groups in total. The van der Waals surface area contributed by atoms with Crippen molar-refractivity contribution in [2.45, 2.75) is 26.3 Å². The zero-order valence-electron chi connectivity index (χ0n) is 11.3. The molecule has 1 aromatic rings. The predicted molar refractivity (Wildman–Crippen MR) is 72.4 cm³/mol. The van der Waals surface area contributed by atoms with Crippen LogP contribution in [0.4, 0.5) is 0 Å². The fourth-order valence-corrected chi connectivity index (χ4v) is 2.30. The molecule has 0 fully saturated rings. The second kappa shape index (κ2) is 6.62. The van der Waals surface area contributed by atoms with Gasteiger partial charge in [-0.15, -0.1) is 0 Å². The number of benzene rings is 1. The van der Waals surface area contributed by atoms with Crippen LogP contribution in [-0.4, -0.2) is 20.7 Å². The summed E-state index contributed by atoms with van der Waals surface area (Å²) in [5.41, 5.74) is 8.10. The first kappa shape index (κ1) is 14.0. The monoisotopic (exact) mass is 236 g/mol. The molecule has 0 aliphatic rings. The third-order valence-corrected chi connectivity index (χ3v) is 3.28. The first-order valence-electron chi connectivity index (χ1n) is 6.15. The Balaban J connectivity index is 2.92. The van der Waals surface area contributed by atoms with Crippen LogP contribution in [0.2, 0.25) is 0 Å². The lowest BCUT2D eigenvalue weighted by atomic mass is 9.91. The lowest BCUT2D eigenvalue weighted by molar-refractivity contribution is 0.389. The van der Waals surface area contributed by atoms with Gasteiger partial charge in [0, 0.05) is 6.04 Å². The average Bonchev–Trinajstić information content (AvgIpc) is 2.30. The highest BCUT2D eigenvalue weighted by molar-refractivity contribution is 5.37. The topological polar surface area (TPSA) is 47.3 Å². The lowest BCUT2D eigenvalue weighted by Gasteiger charge is -2.24. The van der Waals surface area contributed by atoms with E-state index in [1.54, 1.807) is 7.11 Å². The van der Waals surface area contributed by atoms with E-state index in [-0.39, 0.29) is 0 Å². The van der Waals surface area contributed by atoms with Gasteiger partial charge in [-0.1, -0.05) is 19.1 Å². The molecule has 0 aliphatic heterocycles. The van der Waals surface area contributed by atoms with Crippen LogP contribution in [0.1, 0.15) is 30.5 Å². The van der Waals surface area contributed by atoms with E-state index in [9.17, 15) is 0 Å². The molecule has 3 nitrogen and oxygen atoms in total. The van der Waals surface area contributed by atoms with Crippen molar-refractivity contribution >= 4 is 0 Å². The van der Waals surface area contributed by atoms with Crippen LogP contribution in [0.15, 0.2) is 18.2 Å². The van der Waals surface area contributed by atoms with E-state index in [0.717, 1.165) is 18.7 Å². The Morgan fingerprint density at radius 2 is 2.12 bits per heavy atom. The quantitative estimate of drug-likeness (QED) is 0.796. The minimum absolute atomic E-state index is 0.350. The highest BCUT2D eigenvalue weighted by Gasteiger charge is 2.17. The molecular formula is C14H24N2O. The maximum Gasteiger partial charge on any atom is 0.121 e. The molecule has 1 rings (SSSR count). The zero-order valence-corrected chi connectivity index (χ0v) is 11.3. The fraction of sp³-hybridized carbons (Fsp3) is 0.571. The van der Waals surface area contributed by atoms with E-state index in [1.165, 1.54) is 11.1 Å². The van der Waals surface area contributed by atoms with Crippen LogP contribution in [0.3, 0.4) is 0 Å². The van der Waals surface area contributed by atoms with Crippen molar-refractivity contribution in [2.24, 2.45) is 11.7 Å². The maximum atomic E-state index is 5.63. The van der Waals surface area contributed by atoms with Gasteiger partial charge in [-0.2, -0.15) is 0 Å². The molecule has 0 aromatic heterocycles. The van der Waals surface area contributed by atoms with Crippen molar-refractivity contribution in [1.29, 1.82) is 0 Å². The standard InChI is InChI=1S/C14H24N2O/c1-10(7-8-15)14(16-3)12-5-6-13(17-4)11(2)9-12/h5-6,9-10,14,16H,7-8,15H2,1-4H3. The highest BCUT2D eigenvalue weighted by Crippen LogP contribution is 2.27. The fourth-order valence-electron chi connectivity index (χ4n) is 2.30. The molecular weight excluding hydrogens is 212 g/mol. The third kappa shape index (κ3) is 3.45. The Morgan fingerprint density at radius 1 is 1.41 bits per heavy atom. The zero-order chi connectivity index (χ0) is 12.8. The molecule has 0 aliphatic carbocycles. The summed E-state index contributed by atoms with van der Waals surface area (Å²) in [6.07, 6.45) is 1.02. The summed E-state index contributed by atoms with van der Waals surface area (Å²) in [7, 11) is 3.70. The lowest BCUT2D eigenvalue weighted by Crippen LogP contribution is -2.25. The molecule has 2 atom stereocenters. The van der Waals surface area contributed by atoms with Gasteiger partial charge in [0.2, 0.25) is 0 Å². The third-order valence-electron chi connectivity index (χ3n) is 3.28. The Morgan fingerprint density at radius 3 is 2.59 bits per heavy atom. The largest absolute Gasteiger partial charge is 0.496 e. The number of hydrogen-bond donors (Lipinski definition) is 2. The van der Waals surface area contributed by atoms with E-state index in [2.05, 4.69) is 31.3 Å². The van der Waals surface area contributed by atoms with Crippen molar-refractivity contribution < 1.29 is 4.74 Å². The summed E-state index contributed by atoms with van der Waals surface area (Å²) in [6, 6.07) is 6.69. The van der Waals surface area contributed by atoms with Gasteiger partial charge in [0.05, 0.1) is 7.11 Å². The summed E-state index contributed by atoms with van der Waals surface area (Å²) in [6.45, 7) is 5.03. The second-order valence-corrected chi connectivity index (χ2v) is 4.55. The Kier molecular flexibility index (Phi) is 5.45.